The number of benzene rings is 1. The lowest BCUT2D eigenvalue weighted by Gasteiger charge is -1.95. The van der Waals surface area contributed by atoms with Gasteiger partial charge in [-0.1, -0.05) is 12.1 Å². The van der Waals surface area contributed by atoms with Gasteiger partial charge < -0.3 is 0 Å². The Kier molecular flexibility index (Phi) is 4.63. The number of amides is 1. The lowest BCUT2D eigenvalue weighted by atomic mass is 10.2. The molecule has 0 fully saturated rings. The zero-order valence-electron chi connectivity index (χ0n) is 11.6. The van der Waals surface area contributed by atoms with Crippen LogP contribution in [0.2, 0.25) is 0 Å². The van der Waals surface area contributed by atoms with E-state index >= 15 is 0 Å². The third-order valence-electron chi connectivity index (χ3n) is 2.90. The van der Waals surface area contributed by atoms with Gasteiger partial charge in [0, 0.05) is 0 Å². The minimum atomic E-state index is -0.429. The molecule has 0 unspecified atom stereocenters. The minimum Gasteiger partial charge on any atom is -0.276 e. The molecule has 2 aromatic heterocycles. The predicted molar refractivity (Wildman–Crippen MR) is 91.1 cm³/mol. The summed E-state index contributed by atoms with van der Waals surface area (Å²) in [4.78, 5) is 12.9. The summed E-state index contributed by atoms with van der Waals surface area (Å²) in [5.41, 5.74) is 4.05. The highest BCUT2D eigenvalue weighted by Crippen LogP contribution is 2.30. The van der Waals surface area contributed by atoms with Gasteiger partial charge >= 0.3 is 0 Å². The molecule has 1 amide bonds. The molecule has 0 spiro atoms. The monoisotopic (exact) mass is 392 g/mol. The molecule has 8 heteroatoms. The summed E-state index contributed by atoms with van der Waals surface area (Å²) in [6.07, 6.45) is 1.43. The van der Waals surface area contributed by atoms with Gasteiger partial charge in [0.1, 0.15) is 5.82 Å². The number of rotatable bonds is 4. The predicted octanol–water partition coefficient (Wildman–Crippen LogP) is 3.80. The zero-order chi connectivity index (χ0) is 16.2. The van der Waals surface area contributed by atoms with Crippen LogP contribution in [0.4, 0.5) is 4.39 Å². The summed E-state index contributed by atoms with van der Waals surface area (Å²) in [5, 5.41) is 10.6. The number of nitrogens with zero attached hydrogens (tertiary/aromatic N) is 2. The standard InChI is InChI=1S/C15H10BrFN4OS/c16-14-6-5-13(23-14)11-7-12(20-19-11)15(22)21-18-8-9-1-3-10(17)4-2-9/h1-8H,(H,19,20)(H,21,22)/b18-8-. The lowest BCUT2D eigenvalue weighted by molar-refractivity contribution is 0.0950. The first-order valence-electron chi connectivity index (χ1n) is 6.52. The van der Waals surface area contributed by atoms with E-state index in [0.29, 0.717) is 5.56 Å². The van der Waals surface area contributed by atoms with Crippen LogP contribution in [0.5, 0.6) is 0 Å². The van der Waals surface area contributed by atoms with Crippen LogP contribution in [0.15, 0.2) is 51.4 Å². The lowest BCUT2D eigenvalue weighted by Crippen LogP contribution is -2.17. The molecule has 5 nitrogen and oxygen atoms in total. The molecule has 116 valence electrons. The highest BCUT2D eigenvalue weighted by molar-refractivity contribution is 9.11. The first kappa shape index (κ1) is 15.6. The number of carbonyl (C=O) groups is 1. The molecule has 0 aliphatic carbocycles. The van der Waals surface area contributed by atoms with Crippen molar-refractivity contribution in [3.05, 3.63) is 63.3 Å². The van der Waals surface area contributed by atoms with Crippen LogP contribution in [0, 0.1) is 5.82 Å². The van der Waals surface area contributed by atoms with Crippen molar-refractivity contribution < 1.29 is 9.18 Å². The molecule has 0 atom stereocenters. The Hall–Kier alpha value is -2.32. The Morgan fingerprint density at radius 3 is 2.78 bits per heavy atom. The molecule has 0 aliphatic rings. The van der Waals surface area contributed by atoms with Crippen LogP contribution in [0.3, 0.4) is 0 Å². The van der Waals surface area contributed by atoms with Gasteiger partial charge in [0.25, 0.3) is 5.91 Å². The molecule has 0 saturated carbocycles. The smallest absolute Gasteiger partial charge is 0.276 e. The fourth-order valence-electron chi connectivity index (χ4n) is 1.79. The highest BCUT2D eigenvalue weighted by Gasteiger charge is 2.11. The van der Waals surface area contributed by atoms with Crippen molar-refractivity contribution in [3.63, 3.8) is 0 Å². The summed E-state index contributed by atoms with van der Waals surface area (Å²) >= 11 is 4.92. The van der Waals surface area contributed by atoms with E-state index in [-0.39, 0.29) is 11.5 Å². The average molecular weight is 393 g/mol. The van der Waals surface area contributed by atoms with Crippen molar-refractivity contribution >= 4 is 39.4 Å². The van der Waals surface area contributed by atoms with E-state index in [2.05, 4.69) is 36.7 Å². The molecule has 2 heterocycles. The number of aromatic nitrogens is 2. The normalized spacial score (nSPS) is 11.0. The number of hydrogen-bond acceptors (Lipinski definition) is 4. The molecule has 2 N–H and O–H groups in total. The molecule has 3 aromatic rings. The maximum atomic E-state index is 12.8. The first-order chi connectivity index (χ1) is 11.1. The van der Waals surface area contributed by atoms with E-state index in [1.165, 1.54) is 29.7 Å². The molecule has 0 radical (unpaired) electrons. The number of aromatic amines is 1. The molecule has 0 saturated heterocycles. The second-order valence-electron chi connectivity index (χ2n) is 4.52. The van der Waals surface area contributed by atoms with Gasteiger partial charge in [-0.05, 0) is 51.8 Å². The quantitative estimate of drug-likeness (QED) is 0.523. The third kappa shape index (κ3) is 3.91. The van der Waals surface area contributed by atoms with Gasteiger partial charge in [0.15, 0.2) is 5.69 Å². The van der Waals surface area contributed by atoms with Gasteiger partial charge in [-0.2, -0.15) is 10.2 Å². The number of thiophene rings is 1. The number of carbonyl (C=O) groups excluding carboxylic acids is 1. The van der Waals surface area contributed by atoms with E-state index < -0.39 is 5.91 Å². The summed E-state index contributed by atoms with van der Waals surface area (Å²) in [7, 11) is 0. The van der Waals surface area contributed by atoms with Crippen LogP contribution in [-0.4, -0.2) is 22.3 Å². The van der Waals surface area contributed by atoms with Crippen LogP contribution in [-0.2, 0) is 0 Å². The topological polar surface area (TPSA) is 70.1 Å². The fraction of sp³-hybridized carbons (Fsp3) is 0. The summed E-state index contributed by atoms with van der Waals surface area (Å²) in [5.74, 6) is -0.753. The van der Waals surface area contributed by atoms with Gasteiger partial charge in [-0.3, -0.25) is 9.89 Å². The number of hydrogen-bond donors (Lipinski definition) is 2. The highest BCUT2D eigenvalue weighted by atomic mass is 79.9. The van der Waals surface area contributed by atoms with E-state index in [1.54, 1.807) is 18.2 Å². The van der Waals surface area contributed by atoms with Gasteiger partial charge in [-0.25, -0.2) is 9.82 Å². The Labute approximate surface area is 143 Å². The Morgan fingerprint density at radius 2 is 2.09 bits per heavy atom. The SMILES string of the molecule is O=C(N/N=C\c1ccc(F)cc1)c1cc(-c2ccc(Br)s2)[nH]n1. The Morgan fingerprint density at radius 1 is 1.30 bits per heavy atom. The van der Waals surface area contributed by atoms with Crippen LogP contribution in [0.25, 0.3) is 10.6 Å². The maximum absolute atomic E-state index is 12.8. The van der Waals surface area contributed by atoms with Gasteiger partial charge in [-0.15, -0.1) is 11.3 Å². The molecule has 0 aliphatic heterocycles. The van der Waals surface area contributed by atoms with Crippen molar-refractivity contribution in [2.75, 3.05) is 0 Å². The number of H-pyrrole nitrogens is 1. The van der Waals surface area contributed by atoms with Crippen LogP contribution >= 0.6 is 27.3 Å². The largest absolute Gasteiger partial charge is 0.291 e. The minimum absolute atomic E-state index is 0.237. The molecule has 3 rings (SSSR count). The van der Waals surface area contributed by atoms with Crippen molar-refractivity contribution in [2.24, 2.45) is 5.10 Å². The van der Waals surface area contributed by atoms with E-state index in [4.69, 9.17) is 0 Å². The maximum Gasteiger partial charge on any atom is 0.291 e. The summed E-state index contributed by atoms with van der Waals surface area (Å²) in [6, 6.07) is 11.3. The zero-order valence-corrected chi connectivity index (χ0v) is 14.0. The second-order valence-corrected chi connectivity index (χ2v) is 6.98. The van der Waals surface area contributed by atoms with Crippen LogP contribution in [0.1, 0.15) is 16.1 Å². The summed E-state index contributed by atoms with van der Waals surface area (Å²) in [6.45, 7) is 0. The van der Waals surface area contributed by atoms with E-state index in [1.807, 2.05) is 12.1 Å². The number of nitrogens with one attached hydrogen (secondary N) is 2. The van der Waals surface area contributed by atoms with Crippen molar-refractivity contribution in [3.8, 4) is 10.6 Å². The number of hydrazone groups is 1. The Balaban J connectivity index is 1.64. The average Bonchev–Trinajstić information content (AvgIpc) is 3.18. The third-order valence-corrected chi connectivity index (χ3v) is 4.56. The molecular formula is C15H10BrFN4OS. The fourth-order valence-corrected chi connectivity index (χ4v) is 3.15. The van der Waals surface area contributed by atoms with Gasteiger partial charge in [0.05, 0.1) is 20.6 Å². The van der Waals surface area contributed by atoms with Gasteiger partial charge in [0.2, 0.25) is 0 Å². The van der Waals surface area contributed by atoms with Crippen LogP contribution < -0.4 is 5.43 Å². The molecule has 1 aromatic carbocycles. The van der Waals surface area contributed by atoms with Crippen molar-refractivity contribution in [1.29, 1.82) is 0 Å². The first-order valence-corrected chi connectivity index (χ1v) is 8.13. The molecular weight excluding hydrogens is 383 g/mol. The van der Waals surface area contributed by atoms with Crippen molar-refractivity contribution in [2.45, 2.75) is 0 Å². The van der Waals surface area contributed by atoms with E-state index in [0.717, 1.165) is 14.4 Å². The summed E-state index contributed by atoms with van der Waals surface area (Å²) < 4.78 is 13.8. The molecule has 23 heavy (non-hydrogen) atoms. The second kappa shape index (κ2) is 6.84. The Bertz CT molecular complexity index is 857. The van der Waals surface area contributed by atoms with Crippen molar-refractivity contribution in [1.82, 2.24) is 15.6 Å². The molecule has 0 bridgehead atoms. The number of halogens is 2. The van der Waals surface area contributed by atoms with E-state index in [9.17, 15) is 9.18 Å².